The van der Waals surface area contributed by atoms with E-state index in [0.717, 1.165) is 13.0 Å². The van der Waals surface area contributed by atoms with Crippen LogP contribution in [0.2, 0.25) is 0 Å². The second-order valence-corrected chi connectivity index (χ2v) is 6.50. The van der Waals surface area contributed by atoms with Crippen LogP contribution in [-0.2, 0) is 9.59 Å². The lowest BCUT2D eigenvalue weighted by Gasteiger charge is -2.27. The predicted octanol–water partition coefficient (Wildman–Crippen LogP) is 1.02. The molecule has 96 valence electrons. The molecule has 1 spiro atoms. The minimum Gasteiger partial charge on any atom is -0.356 e. The number of rotatable bonds is 0. The van der Waals surface area contributed by atoms with Crippen LogP contribution < -0.4 is 5.32 Å². The first-order chi connectivity index (χ1) is 7.77. The maximum atomic E-state index is 12.3. The standard InChI is InChI=1S/C13H22N2O2/c1-9-7-15(11(17)12(2,3)4)8-13(9)5-6-14-10(13)16/h9H,5-8H2,1-4H3,(H,14,16)/t9-,13-/m1/s1. The molecule has 2 atom stereocenters. The van der Waals surface area contributed by atoms with Crippen LogP contribution in [0.5, 0.6) is 0 Å². The highest BCUT2D eigenvalue weighted by atomic mass is 16.2. The number of hydrogen-bond donors (Lipinski definition) is 1. The summed E-state index contributed by atoms with van der Waals surface area (Å²) in [5.41, 5.74) is -0.679. The third-order valence-electron chi connectivity index (χ3n) is 4.15. The van der Waals surface area contributed by atoms with E-state index in [1.807, 2.05) is 25.7 Å². The fraction of sp³-hybridized carbons (Fsp3) is 0.846. The van der Waals surface area contributed by atoms with Gasteiger partial charge in [0.15, 0.2) is 0 Å². The number of carbonyl (C=O) groups is 2. The van der Waals surface area contributed by atoms with Crippen LogP contribution in [-0.4, -0.2) is 36.3 Å². The van der Waals surface area contributed by atoms with E-state index in [1.165, 1.54) is 0 Å². The second kappa shape index (κ2) is 3.72. The normalized spacial score (nSPS) is 33.3. The first-order valence-electron chi connectivity index (χ1n) is 6.35. The van der Waals surface area contributed by atoms with Gasteiger partial charge in [-0.2, -0.15) is 0 Å². The Bertz CT molecular complexity index is 359. The molecule has 0 aromatic rings. The highest BCUT2D eigenvalue weighted by molar-refractivity contribution is 5.88. The van der Waals surface area contributed by atoms with E-state index in [0.29, 0.717) is 13.1 Å². The predicted molar refractivity (Wildman–Crippen MR) is 65.3 cm³/mol. The van der Waals surface area contributed by atoms with Crippen molar-refractivity contribution in [3.8, 4) is 0 Å². The monoisotopic (exact) mass is 238 g/mol. The molecule has 17 heavy (non-hydrogen) atoms. The number of nitrogens with one attached hydrogen (secondary N) is 1. The molecular formula is C13H22N2O2. The molecule has 0 unspecified atom stereocenters. The molecule has 2 aliphatic heterocycles. The van der Waals surface area contributed by atoms with Gasteiger partial charge in [0.1, 0.15) is 0 Å². The van der Waals surface area contributed by atoms with Crippen molar-refractivity contribution in [1.82, 2.24) is 10.2 Å². The Kier molecular flexibility index (Phi) is 2.71. The number of amides is 2. The van der Waals surface area contributed by atoms with E-state index in [1.54, 1.807) is 0 Å². The summed E-state index contributed by atoms with van der Waals surface area (Å²) in [5, 5.41) is 2.90. The summed E-state index contributed by atoms with van der Waals surface area (Å²) in [7, 11) is 0. The molecule has 0 aliphatic carbocycles. The average Bonchev–Trinajstić information content (AvgIpc) is 2.72. The fourth-order valence-corrected chi connectivity index (χ4v) is 3.01. The van der Waals surface area contributed by atoms with E-state index in [9.17, 15) is 9.59 Å². The molecule has 4 nitrogen and oxygen atoms in total. The third-order valence-corrected chi connectivity index (χ3v) is 4.15. The van der Waals surface area contributed by atoms with Gasteiger partial charge in [-0.25, -0.2) is 0 Å². The molecule has 0 aromatic carbocycles. The van der Waals surface area contributed by atoms with Crippen LogP contribution in [0.25, 0.3) is 0 Å². The molecule has 0 aromatic heterocycles. The summed E-state index contributed by atoms with van der Waals surface area (Å²) in [4.78, 5) is 26.1. The van der Waals surface area contributed by atoms with Crippen LogP contribution in [0.4, 0.5) is 0 Å². The van der Waals surface area contributed by atoms with Crippen molar-refractivity contribution in [2.24, 2.45) is 16.7 Å². The van der Waals surface area contributed by atoms with Gasteiger partial charge in [0, 0.05) is 25.0 Å². The van der Waals surface area contributed by atoms with E-state index in [-0.39, 0.29) is 28.6 Å². The number of hydrogen-bond acceptors (Lipinski definition) is 2. The molecule has 2 rings (SSSR count). The van der Waals surface area contributed by atoms with Crippen LogP contribution in [0.15, 0.2) is 0 Å². The largest absolute Gasteiger partial charge is 0.356 e. The topological polar surface area (TPSA) is 49.4 Å². The van der Waals surface area contributed by atoms with Gasteiger partial charge in [0.25, 0.3) is 0 Å². The Balaban J connectivity index is 2.18. The number of nitrogens with zero attached hydrogens (tertiary/aromatic N) is 1. The maximum absolute atomic E-state index is 12.3. The molecule has 2 heterocycles. The summed E-state index contributed by atoms with van der Waals surface area (Å²) in [5.74, 6) is 0.548. The third kappa shape index (κ3) is 1.83. The van der Waals surface area contributed by atoms with Crippen molar-refractivity contribution in [3.63, 3.8) is 0 Å². The van der Waals surface area contributed by atoms with Crippen LogP contribution in [0.3, 0.4) is 0 Å². The van der Waals surface area contributed by atoms with Crippen LogP contribution in [0, 0.1) is 16.7 Å². The smallest absolute Gasteiger partial charge is 0.228 e. The molecule has 2 fully saturated rings. The highest BCUT2D eigenvalue weighted by Gasteiger charge is 2.53. The lowest BCUT2D eigenvalue weighted by Crippen LogP contribution is -2.41. The molecule has 1 N–H and O–H groups in total. The molecule has 0 radical (unpaired) electrons. The zero-order valence-corrected chi connectivity index (χ0v) is 11.2. The Hall–Kier alpha value is -1.06. The van der Waals surface area contributed by atoms with Crippen molar-refractivity contribution < 1.29 is 9.59 Å². The zero-order chi connectivity index (χ0) is 12.8. The van der Waals surface area contributed by atoms with Gasteiger partial charge < -0.3 is 10.2 Å². The molecule has 2 saturated heterocycles. The van der Waals surface area contributed by atoms with Gasteiger partial charge >= 0.3 is 0 Å². The van der Waals surface area contributed by atoms with E-state index in [2.05, 4.69) is 12.2 Å². The molecule has 0 bridgehead atoms. The van der Waals surface area contributed by atoms with Crippen molar-refractivity contribution >= 4 is 11.8 Å². The quantitative estimate of drug-likeness (QED) is 0.685. The number of carbonyl (C=O) groups excluding carboxylic acids is 2. The lowest BCUT2D eigenvalue weighted by molar-refractivity contribution is -0.139. The van der Waals surface area contributed by atoms with E-state index >= 15 is 0 Å². The van der Waals surface area contributed by atoms with Gasteiger partial charge in [0.05, 0.1) is 5.41 Å². The first-order valence-corrected chi connectivity index (χ1v) is 6.35. The summed E-state index contributed by atoms with van der Waals surface area (Å²) in [6.45, 7) is 9.93. The Morgan fingerprint density at radius 3 is 2.59 bits per heavy atom. The summed E-state index contributed by atoms with van der Waals surface area (Å²) < 4.78 is 0. The molecule has 2 amide bonds. The Morgan fingerprint density at radius 1 is 1.47 bits per heavy atom. The van der Waals surface area contributed by atoms with E-state index in [4.69, 9.17) is 0 Å². The maximum Gasteiger partial charge on any atom is 0.228 e. The summed E-state index contributed by atoms with van der Waals surface area (Å²) in [6, 6.07) is 0. The van der Waals surface area contributed by atoms with Gasteiger partial charge in [-0.1, -0.05) is 27.7 Å². The average molecular weight is 238 g/mol. The number of likely N-dealkylation sites (tertiary alicyclic amines) is 1. The molecule has 2 aliphatic rings. The molecule has 4 heteroatoms. The van der Waals surface area contributed by atoms with Crippen LogP contribution >= 0.6 is 0 Å². The van der Waals surface area contributed by atoms with Crippen molar-refractivity contribution in [3.05, 3.63) is 0 Å². The highest BCUT2D eigenvalue weighted by Crippen LogP contribution is 2.42. The van der Waals surface area contributed by atoms with Crippen molar-refractivity contribution in [1.29, 1.82) is 0 Å². The van der Waals surface area contributed by atoms with E-state index < -0.39 is 0 Å². The van der Waals surface area contributed by atoms with Crippen molar-refractivity contribution in [2.45, 2.75) is 34.1 Å². The fourth-order valence-electron chi connectivity index (χ4n) is 3.01. The van der Waals surface area contributed by atoms with Gasteiger partial charge in [-0.3, -0.25) is 9.59 Å². The SMILES string of the molecule is C[C@@H]1CN(C(=O)C(C)(C)C)C[C@]12CCNC2=O. The van der Waals surface area contributed by atoms with Gasteiger partial charge in [0.2, 0.25) is 11.8 Å². The summed E-state index contributed by atoms with van der Waals surface area (Å²) >= 11 is 0. The second-order valence-electron chi connectivity index (χ2n) is 6.50. The Morgan fingerprint density at radius 2 is 2.12 bits per heavy atom. The summed E-state index contributed by atoms with van der Waals surface area (Å²) in [6.07, 6.45) is 0.862. The van der Waals surface area contributed by atoms with Crippen molar-refractivity contribution in [2.75, 3.05) is 19.6 Å². The van der Waals surface area contributed by atoms with Gasteiger partial charge in [-0.15, -0.1) is 0 Å². The minimum absolute atomic E-state index is 0.134. The van der Waals surface area contributed by atoms with Gasteiger partial charge in [-0.05, 0) is 12.3 Å². The molecule has 0 saturated carbocycles. The lowest BCUT2D eigenvalue weighted by atomic mass is 9.78. The van der Waals surface area contributed by atoms with Crippen LogP contribution in [0.1, 0.15) is 34.1 Å². The first kappa shape index (κ1) is 12.4. The zero-order valence-electron chi connectivity index (χ0n) is 11.2. The minimum atomic E-state index is -0.361. The molecular weight excluding hydrogens is 216 g/mol. The Labute approximate surface area is 103 Å².